The number of hydrogen-bond donors (Lipinski definition) is 0. The smallest absolute Gasteiger partial charge is 0.309 e. The van der Waals surface area contributed by atoms with E-state index in [1.54, 1.807) is 36.4 Å². The molecule has 6 rings (SSSR count). The Morgan fingerprint density at radius 3 is 1.31 bits per heavy atom. The minimum atomic E-state index is -1.52. The van der Waals surface area contributed by atoms with E-state index in [-0.39, 0.29) is 31.6 Å². The van der Waals surface area contributed by atoms with Gasteiger partial charge in [0.1, 0.15) is 36.4 Å². The molecule has 4 aromatic rings. The summed E-state index contributed by atoms with van der Waals surface area (Å²) in [6.07, 6.45) is -7.51. The second-order valence-electron chi connectivity index (χ2n) is 21.3. The third kappa shape index (κ3) is 20.4. The molecule has 1 heterocycles. The first kappa shape index (κ1) is 68.3. The van der Waals surface area contributed by atoms with Gasteiger partial charge in [0.15, 0.2) is 24.4 Å². The van der Waals surface area contributed by atoms with E-state index in [0.29, 0.717) is 52.0 Å². The lowest BCUT2D eigenvalue weighted by Crippen LogP contribution is -2.63. The maximum absolute atomic E-state index is 12.7. The van der Waals surface area contributed by atoms with Crippen molar-refractivity contribution in [1.29, 1.82) is 0 Å². The third-order valence-electron chi connectivity index (χ3n) is 14.3. The van der Waals surface area contributed by atoms with Crippen LogP contribution in [0, 0.1) is 5.92 Å². The molecular formula is C65H76O23. The van der Waals surface area contributed by atoms with Gasteiger partial charge in [0.25, 0.3) is 0 Å². The first-order valence-corrected chi connectivity index (χ1v) is 28.8. The van der Waals surface area contributed by atoms with E-state index in [1.807, 2.05) is 48.5 Å². The summed E-state index contributed by atoms with van der Waals surface area (Å²) in [5, 5.41) is 0. The van der Waals surface area contributed by atoms with Gasteiger partial charge >= 0.3 is 59.7 Å². The molecule has 4 aromatic carbocycles. The zero-order valence-electron chi connectivity index (χ0n) is 51.0. The number of carbonyl (C=O) groups is 10. The van der Waals surface area contributed by atoms with Gasteiger partial charge in [-0.05, 0) is 89.8 Å². The number of hydrogen-bond acceptors (Lipinski definition) is 23. The van der Waals surface area contributed by atoms with Crippen LogP contribution < -0.4 is 9.47 Å². The van der Waals surface area contributed by atoms with Gasteiger partial charge in [-0.15, -0.1) is 0 Å². The second kappa shape index (κ2) is 32.8. The number of carbonyl (C=O) groups excluding carboxylic acids is 10. The topological polar surface area (TPSA) is 291 Å². The Bertz CT molecular complexity index is 2940. The van der Waals surface area contributed by atoms with Gasteiger partial charge in [-0.25, -0.2) is 0 Å². The summed E-state index contributed by atoms with van der Waals surface area (Å²) in [5.41, 5.74) is 5.69. The summed E-state index contributed by atoms with van der Waals surface area (Å²) in [6, 6.07) is 25.7. The van der Waals surface area contributed by atoms with Crippen LogP contribution in [-0.2, 0) is 126 Å². The molecule has 2 fully saturated rings. The molecule has 0 amide bonds. The summed E-state index contributed by atoms with van der Waals surface area (Å²) in [5.74, 6) is -6.91. The average Bonchev–Trinajstić information content (AvgIpc) is 1.39. The predicted octanol–water partition coefficient (Wildman–Crippen LogP) is 7.38. The van der Waals surface area contributed by atoms with Gasteiger partial charge < -0.3 is 61.6 Å². The molecule has 2 aliphatic rings. The minimum Gasteiger partial charge on any atom is -0.486 e. The van der Waals surface area contributed by atoms with Crippen molar-refractivity contribution in [1.82, 2.24) is 0 Å². The summed E-state index contributed by atoms with van der Waals surface area (Å²) in [4.78, 5) is 124. The van der Waals surface area contributed by atoms with E-state index in [1.165, 1.54) is 41.9 Å². The highest BCUT2D eigenvalue weighted by Gasteiger charge is 2.54. The molecular weight excluding hydrogens is 1150 g/mol. The molecule has 1 aliphatic carbocycles. The molecule has 1 saturated heterocycles. The summed E-state index contributed by atoms with van der Waals surface area (Å²) in [7, 11) is 2.60. The number of unbranched alkanes of at least 4 members (excludes halogenated alkanes) is 3. The standard InChI is InChI=1S/C65H76O23/c1-36(66)78-34-50-33-55(60(81-39(4)69)62(83-41(6)71)59(50)80-38(3)68)86-53-25-23-44(29-51(53)48-21-15-19-46(27-48)31-57(74)76-9)17-13-11-12-14-18-45-24-26-54(52(30-45)49-22-16-20-47(28-49)32-58(75)77-10)87-65-64(85-43(8)73)63(84-42(7)72)61(82-40(5)70)56(88-65)35-79-37(2)67/h15-16,19-30,50,55-56,59-65H,11-14,17-18,31-35H2,1-10H3/t50-,55+,56-,59-,60-,61-,62+,63+,64+,65+/m1/s1. The van der Waals surface area contributed by atoms with Crippen LogP contribution in [0.1, 0.15) is 110 Å². The van der Waals surface area contributed by atoms with Crippen molar-refractivity contribution >= 4 is 59.7 Å². The van der Waals surface area contributed by atoms with E-state index in [2.05, 4.69) is 0 Å². The molecule has 23 heteroatoms. The van der Waals surface area contributed by atoms with E-state index >= 15 is 0 Å². The molecule has 23 nitrogen and oxygen atoms in total. The quantitative estimate of drug-likeness (QED) is 0.0319. The largest absolute Gasteiger partial charge is 0.486 e. The zero-order chi connectivity index (χ0) is 64.2. The Hall–Kier alpha value is -8.86. The van der Waals surface area contributed by atoms with Crippen molar-refractivity contribution in [3.8, 4) is 33.8 Å². The molecule has 0 unspecified atom stereocenters. The Kier molecular flexibility index (Phi) is 25.4. The Balaban J connectivity index is 1.26. The van der Waals surface area contributed by atoms with Crippen LogP contribution in [0.15, 0.2) is 84.9 Å². The van der Waals surface area contributed by atoms with E-state index in [0.717, 1.165) is 64.5 Å². The molecule has 0 spiro atoms. The van der Waals surface area contributed by atoms with Crippen LogP contribution >= 0.6 is 0 Å². The van der Waals surface area contributed by atoms with Gasteiger partial charge in [-0.3, -0.25) is 47.9 Å². The molecule has 0 radical (unpaired) electrons. The number of aryl methyl sites for hydroxylation is 2. The number of benzene rings is 4. The molecule has 1 aliphatic heterocycles. The van der Waals surface area contributed by atoms with Crippen molar-refractivity contribution in [2.45, 2.75) is 168 Å². The Labute approximate surface area is 510 Å². The fourth-order valence-corrected chi connectivity index (χ4v) is 10.6. The van der Waals surface area contributed by atoms with Gasteiger partial charge in [0.2, 0.25) is 12.4 Å². The van der Waals surface area contributed by atoms with Crippen molar-refractivity contribution in [3.63, 3.8) is 0 Å². The molecule has 10 atom stereocenters. The highest BCUT2D eigenvalue weighted by Crippen LogP contribution is 2.41. The molecule has 88 heavy (non-hydrogen) atoms. The van der Waals surface area contributed by atoms with Gasteiger partial charge in [0, 0.05) is 72.4 Å². The SMILES string of the molecule is COC(=O)Cc1cccc(-c2cc(CCCCCCc3ccc(O[C@H]4C[C@H](COC(C)=O)[C@@H](OC(C)=O)[C@H](OC(C)=O)[C@@H]4OC(C)=O)c(-c4cccc(CC(=O)OC)c4)c3)ccc2O[C@H]2O[C@H](COC(C)=O)[C@@H](OC(C)=O)[C@H](OC(C)=O)[C@@H]2OC(C)=O)c1. The average molecular weight is 1230 g/mol. The highest BCUT2D eigenvalue weighted by molar-refractivity contribution is 5.78. The van der Waals surface area contributed by atoms with Crippen molar-refractivity contribution in [2.75, 3.05) is 27.4 Å². The second-order valence-corrected chi connectivity index (χ2v) is 21.3. The van der Waals surface area contributed by atoms with Crippen LogP contribution in [0.2, 0.25) is 0 Å². The number of esters is 10. The number of ether oxygens (including phenoxy) is 13. The lowest BCUT2D eigenvalue weighted by molar-refractivity contribution is -0.288. The van der Waals surface area contributed by atoms with Gasteiger partial charge in [-0.1, -0.05) is 73.5 Å². The number of rotatable bonds is 27. The Morgan fingerprint density at radius 1 is 0.420 bits per heavy atom. The zero-order valence-corrected chi connectivity index (χ0v) is 51.0. The fourth-order valence-electron chi connectivity index (χ4n) is 10.6. The van der Waals surface area contributed by atoms with Crippen molar-refractivity contribution in [2.24, 2.45) is 5.92 Å². The molecule has 1 saturated carbocycles. The monoisotopic (exact) mass is 1220 g/mol. The lowest BCUT2D eigenvalue weighted by atomic mass is 9.80. The Morgan fingerprint density at radius 2 is 0.841 bits per heavy atom. The van der Waals surface area contributed by atoms with Crippen LogP contribution in [0.5, 0.6) is 11.5 Å². The fraction of sp³-hybridized carbons (Fsp3) is 0.477. The van der Waals surface area contributed by atoms with E-state index < -0.39 is 127 Å². The summed E-state index contributed by atoms with van der Waals surface area (Å²) >= 11 is 0. The van der Waals surface area contributed by atoms with Gasteiger partial charge in [-0.2, -0.15) is 0 Å². The highest BCUT2D eigenvalue weighted by atomic mass is 16.7. The van der Waals surface area contributed by atoms with Crippen molar-refractivity contribution < 1.29 is 110 Å². The van der Waals surface area contributed by atoms with Crippen LogP contribution in [0.3, 0.4) is 0 Å². The van der Waals surface area contributed by atoms with Crippen LogP contribution in [0.25, 0.3) is 22.3 Å². The first-order valence-electron chi connectivity index (χ1n) is 28.8. The predicted molar refractivity (Wildman–Crippen MR) is 309 cm³/mol. The summed E-state index contributed by atoms with van der Waals surface area (Å²) in [6.45, 7) is 8.61. The maximum atomic E-state index is 12.7. The summed E-state index contributed by atoms with van der Waals surface area (Å²) < 4.78 is 74.2. The maximum Gasteiger partial charge on any atom is 0.309 e. The van der Waals surface area contributed by atoms with E-state index in [4.69, 9.17) is 61.6 Å². The first-order chi connectivity index (χ1) is 41.9. The molecule has 0 N–H and O–H groups in total. The third-order valence-corrected chi connectivity index (χ3v) is 14.3. The van der Waals surface area contributed by atoms with E-state index in [9.17, 15) is 47.9 Å². The number of methoxy groups -OCH3 is 2. The van der Waals surface area contributed by atoms with Gasteiger partial charge in [0.05, 0.1) is 33.7 Å². The van der Waals surface area contributed by atoms with Crippen LogP contribution in [0.4, 0.5) is 0 Å². The molecule has 0 aromatic heterocycles. The van der Waals surface area contributed by atoms with Crippen LogP contribution in [-0.4, -0.2) is 142 Å². The molecule has 0 bridgehead atoms. The minimum absolute atomic E-state index is 0.00562. The lowest BCUT2D eigenvalue weighted by Gasteiger charge is -2.44. The molecule has 474 valence electrons. The van der Waals surface area contributed by atoms with Crippen molar-refractivity contribution in [3.05, 3.63) is 107 Å². The normalized spacial score (nSPS) is 21.2.